The molecule has 3 rings (SSSR count). The van der Waals surface area contributed by atoms with Gasteiger partial charge in [-0.25, -0.2) is 5.10 Å². The zero-order valence-corrected chi connectivity index (χ0v) is 14.6. The monoisotopic (exact) mass is 354 g/mol. The minimum Gasteiger partial charge on any atom is -0.341 e. The van der Waals surface area contributed by atoms with Crippen LogP contribution in [-0.4, -0.2) is 58.0 Å². The first kappa shape index (κ1) is 17.8. The largest absolute Gasteiger partial charge is 0.341 e. The second-order valence-corrected chi connectivity index (χ2v) is 6.32. The molecule has 0 aliphatic carbocycles. The van der Waals surface area contributed by atoms with Crippen LogP contribution in [0.5, 0.6) is 0 Å². The van der Waals surface area contributed by atoms with E-state index in [4.69, 9.17) is 0 Å². The van der Waals surface area contributed by atoms with E-state index in [-0.39, 0.29) is 23.1 Å². The molecule has 1 aliphatic heterocycles. The van der Waals surface area contributed by atoms with Crippen molar-refractivity contribution in [3.63, 3.8) is 0 Å². The summed E-state index contributed by atoms with van der Waals surface area (Å²) >= 11 is 0. The Labute approximate surface area is 151 Å². The van der Waals surface area contributed by atoms with Gasteiger partial charge in [0, 0.05) is 38.7 Å². The summed E-state index contributed by atoms with van der Waals surface area (Å²) in [5, 5.41) is 6.07. The van der Waals surface area contributed by atoms with E-state index in [0.717, 1.165) is 18.4 Å². The maximum atomic E-state index is 12.5. The smallest absolute Gasteiger partial charge is 0.274 e. The Morgan fingerprint density at radius 3 is 2.42 bits per heavy atom. The molecule has 0 spiro atoms. The van der Waals surface area contributed by atoms with Crippen LogP contribution in [0.4, 0.5) is 0 Å². The lowest BCUT2D eigenvalue weighted by molar-refractivity contribution is -0.131. The fourth-order valence-corrected chi connectivity index (χ4v) is 3.05. The number of hydrogen-bond acceptors (Lipinski definition) is 4. The molecule has 0 atom stereocenters. The maximum Gasteiger partial charge on any atom is 0.274 e. The second kappa shape index (κ2) is 8.42. The number of nitrogens with zero attached hydrogens (tertiary/aromatic N) is 3. The van der Waals surface area contributed by atoms with Crippen LogP contribution in [0.3, 0.4) is 0 Å². The third kappa shape index (κ3) is 4.56. The van der Waals surface area contributed by atoms with E-state index in [1.165, 1.54) is 12.1 Å². The summed E-state index contributed by atoms with van der Waals surface area (Å²) in [6.45, 7) is 2.21. The normalized spacial score (nSPS) is 14.8. The Morgan fingerprint density at radius 1 is 0.962 bits per heavy atom. The molecule has 1 aliphatic rings. The van der Waals surface area contributed by atoms with Crippen LogP contribution in [0.25, 0.3) is 0 Å². The number of carbonyl (C=O) groups is 2. The topological polar surface area (TPSA) is 86.4 Å². The zero-order valence-electron chi connectivity index (χ0n) is 14.6. The number of aryl methyl sites for hydroxylation is 1. The zero-order chi connectivity index (χ0) is 18.4. The van der Waals surface area contributed by atoms with Gasteiger partial charge in [-0.15, -0.1) is 0 Å². The molecule has 2 amide bonds. The van der Waals surface area contributed by atoms with Crippen LogP contribution < -0.4 is 5.56 Å². The standard InChI is InChI=1S/C19H22N4O3/c24-17-9-8-16(20-21-17)19(26)23-12-4-11-22(13-14-23)18(25)10-7-15-5-2-1-3-6-15/h1-3,5-6,8-9H,4,7,10-14H2,(H,21,24). The van der Waals surface area contributed by atoms with E-state index >= 15 is 0 Å². The van der Waals surface area contributed by atoms with E-state index in [2.05, 4.69) is 10.2 Å². The molecule has 0 unspecified atom stereocenters. The predicted molar refractivity (Wildman–Crippen MR) is 96.7 cm³/mol. The number of aromatic nitrogens is 2. The van der Waals surface area contributed by atoms with Gasteiger partial charge in [-0.2, -0.15) is 5.10 Å². The van der Waals surface area contributed by atoms with Crippen molar-refractivity contribution in [3.8, 4) is 0 Å². The molecule has 1 fully saturated rings. The quantitative estimate of drug-likeness (QED) is 0.890. The molecule has 0 saturated carbocycles. The van der Waals surface area contributed by atoms with Crippen LogP contribution in [0, 0.1) is 0 Å². The van der Waals surface area contributed by atoms with Crippen molar-refractivity contribution in [2.75, 3.05) is 26.2 Å². The molecule has 1 N–H and O–H groups in total. The van der Waals surface area contributed by atoms with Crippen molar-refractivity contribution in [1.82, 2.24) is 20.0 Å². The first-order valence-electron chi connectivity index (χ1n) is 8.80. The molecule has 1 saturated heterocycles. The van der Waals surface area contributed by atoms with Gasteiger partial charge >= 0.3 is 0 Å². The Balaban J connectivity index is 1.54. The Bertz CT molecular complexity index is 799. The highest BCUT2D eigenvalue weighted by Crippen LogP contribution is 2.10. The van der Waals surface area contributed by atoms with Crippen molar-refractivity contribution in [2.24, 2.45) is 0 Å². The average molecular weight is 354 g/mol. The number of H-pyrrole nitrogens is 1. The van der Waals surface area contributed by atoms with Crippen LogP contribution in [-0.2, 0) is 11.2 Å². The molecule has 0 bridgehead atoms. The Kier molecular flexibility index (Phi) is 5.78. The molecule has 2 heterocycles. The molecule has 2 aromatic rings. The highest BCUT2D eigenvalue weighted by molar-refractivity contribution is 5.92. The molecule has 7 heteroatoms. The van der Waals surface area contributed by atoms with Crippen LogP contribution in [0.2, 0.25) is 0 Å². The second-order valence-electron chi connectivity index (χ2n) is 6.32. The van der Waals surface area contributed by atoms with Crippen molar-refractivity contribution in [2.45, 2.75) is 19.3 Å². The summed E-state index contributed by atoms with van der Waals surface area (Å²) in [6, 6.07) is 12.7. The molecule has 1 aromatic carbocycles. The van der Waals surface area contributed by atoms with Gasteiger partial charge in [-0.3, -0.25) is 14.4 Å². The Morgan fingerprint density at radius 2 is 1.69 bits per heavy atom. The van der Waals surface area contributed by atoms with E-state index in [0.29, 0.717) is 32.6 Å². The number of rotatable bonds is 4. The minimum absolute atomic E-state index is 0.116. The fourth-order valence-electron chi connectivity index (χ4n) is 3.05. The molecule has 0 radical (unpaired) electrons. The SMILES string of the molecule is O=C(CCc1ccccc1)N1CCCN(C(=O)c2ccc(=O)[nH]n2)CC1. The summed E-state index contributed by atoms with van der Waals surface area (Å²) < 4.78 is 0. The van der Waals surface area contributed by atoms with Gasteiger partial charge < -0.3 is 9.80 Å². The van der Waals surface area contributed by atoms with E-state index in [1.807, 2.05) is 35.2 Å². The van der Waals surface area contributed by atoms with Gasteiger partial charge in [0.1, 0.15) is 5.69 Å². The Hall–Kier alpha value is -2.96. The van der Waals surface area contributed by atoms with Crippen molar-refractivity contribution in [1.29, 1.82) is 0 Å². The molecule has 7 nitrogen and oxygen atoms in total. The minimum atomic E-state index is -0.340. The lowest BCUT2D eigenvalue weighted by Crippen LogP contribution is -2.38. The summed E-state index contributed by atoms with van der Waals surface area (Å²) in [5.41, 5.74) is 1.03. The predicted octanol–water partition coefficient (Wildman–Crippen LogP) is 1.08. The number of hydrogen-bond donors (Lipinski definition) is 1. The highest BCUT2D eigenvalue weighted by atomic mass is 16.2. The van der Waals surface area contributed by atoms with Crippen LogP contribution in [0.1, 0.15) is 28.9 Å². The summed E-state index contributed by atoms with van der Waals surface area (Å²) in [6.07, 6.45) is 1.92. The van der Waals surface area contributed by atoms with Crippen molar-refractivity contribution in [3.05, 3.63) is 64.1 Å². The molecular formula is C19H22N4O3. The average Bonchev–Trinajstić information content (AvgIpc) is 2.93. The van der Waals surface area contributed by atoms with Crippen LogP contribution in [0.15, 0.2) is 47.3 Å². The molecular weight excluding hydrogens is 332 g/mol. The number of amides is 2. The van der Waals surface area contributed by atoms with E-state index in [1.54, 1.807) is 4.90 Å². The van der Waals surface area contributed by atoms with E-state index < -0.39 is 0 Å². The lowest BCUT2D eigenvalue weighted by atomic mass is 10.1. The van der Waals surface area contributed by atoms with Gasteiger partial charge in [0.05, 0.1) is 0 Å². The molecule has 26 heavy (non-hydrogen) atoms. The van der Waals surface area contributed by atoms with Gasteiger partial charge in [0.15, 0.2) is 0 Å². The van der Waals surface area contributed by atoms with E-state index in [9.17, 15) is 14.4 Å². The fraction of sp³-hybridized carbons (Fsp3) is 0.368. The van der Waals surface area contributed by atoms with Gasteiger partial charge in [0.25, 0.3) is 11.5 Å². The van der Waals surface area contributed by atoms with Crippen LogP contribution >= 0.6 is 0 Å². The van der Waals surface area contributed by atoms with Gasteiger partial charge in [0.2, 0.25) is 5.91 Å². The third-order valence-corrected chi connectivity index (χ3v) is 4.50. The number of nitrogens with one attached hydrogen (secondary N) is 1. The van der Waals surface area contributed by atoms with Gasteiger partial charge in [-0.1, -0.05) is 30.3 Å². The first-order chi connectivity index (χ1) is 12.6. The number of carbonyl (C=O) groups excluding carboxylic acids is 2. The third-order valence-electron chi connectivity index (χ3n) is 4.50. The van der Waals surface area contributed by atoms with Crippen molar-refractivity contribution >= 4 is 11.8 Å². The lowest BCUT2D eigenvalue weighted by Gasteiger charge is -2.22. The molecule has 1 aromatic heterocycles. The number of aromatic amines is 1. The highest BCUT2D eigenvalue weighted by Gasteiger charge is 2.23. The van der Waals surface area contributed by atoms with Crippen molar-refractivity contribution < 1.29 is 9.59 Å². The number of benzene rings is 1. The first-order valence-corrected chi connectivity index (χ1v) is 8.80. The van der Waals surface area contributed by atoms with Gasteiger partial charge in [-0.05, 0) is 24.5 Å². The summed E-state index contributed by atoms with van der Waals surface area (Å²) in [4.78, 5) is 39.6. The maximum absolute atomic E-state index is 12.5. The molecule has 136 valence electrons. The summed E-state index contributed by atoms with van der Waals surface area (Å²) in [7, 11) is 0. The summed E-state index contributed by atoms with van der Waals surface area (Å²) in [5.74, 6) is -0.106.